The van der Waals surface area contributed by atoms with Gasteiger partial charge in [-0.05, 0) is 6.07 Å². The van der Waals surface area contributed by atoms with Crippen LogP contribution in [0.15, 0.2) is 41.2 Å². The van der Waals surface area contributed by atoms with Gasteiger partial charge in [-0.25, -0.2) is 0 Å². The van der Waals surface area contributed by atoms with Gasteiger partial charge < -0.3 is 14.4 Å². The van der Waals surface area contributed by atoms with E-state index in [4.69, 9.17) is 4.74 Å². The van der Waals surface area contributed by atoms with Crippen molar-refractivity contribution in [1.29, 1.82) is 0 Å². The Balaban J connectivity index is 2.56. The van der Waals surface area contributed by atoms with Gasteiger partial charge in [-0.15, -0.1) is 0 Å². The summed E-state index contributed by atoms with van der Waals surface area (Å²) in [6, 6.07) is 10.5. The van der Waals surface area contributed by atoms with Crippen molar-refractivity contribution in [2.75, 3.05) is 7.11 Å². The largest absolute Gasteiger partial charge is 0.508 e. The van der Waals surface area contributed by atoms with E-state index in [2.05, 4.69) is 0 Å². The van der Waals surface area contributed by atoms with Gasteiger partial charge in [-0.2, -0.15) is 0 Å². The number of hydrogen-bond acceptors (Lipinski definition) is 3. The average Bonchev–Trinajstić information content (AvgIpc) is 2.40. The molecule has 0 fully saturated rings. The number of pyridine rings is 1. The second-order valence-corrected chi connectivity index (χ2v) is 6.09. The van der Waals surface area contributed by atoms with E-state index >= 15 is 0 Å². The number of nitrogens with zero attached hydrogens (tertiary/aromatic N) is 1. The van der Waals surface area contributed by atoms with Crippen LogP contribution in [0.4, 0.5) is 0 Å². The van der Waals surface area contributed by atoms with Crippen molar-refractivity contribution in [2.24, 2.45) is 0 Å². The highest BCUT2D eigenvalue weighted by atomic mass is 16.5. The number of ether oxygens (including phenoxy) is 1. The lowest BCUT2D eigenvalue weighted by atomic mass is 9.91. The molecule has 0 atom stereocenters. The van der Waals surface area contributed by atoms with Gasteiger partial charge in [-0.3, -0.25) is 4.79 Å². The maximum atomic E-state index is 12.3. The fourth-order valence-corrected chi connectivity index (χ4v) is 2.37. The molecule has 0 unspecified atom stereocenters. The zero-order valence-electron chi connectivity index (χ0n) is 12.9. The van der Waals surface area contributed by atoms with E-state index in [1.807, 2.05) is 45.0 Å². The third-order valence-electron chi connectivity index (χ3n) is 3.40. The van der Waals surface area contributed by atoms with Gasteiger partial charge in [0.05, 0.1) is 13.7 Å². The standard InChI is InChI=1S/C17H21NO3/c1-17(2,3)15-9-13(19)10-16(20)18(15)11-12-7-5-6-8-14(12)21-4/h5-10,19H,11H2,1-4H3. The first-order chi connectivity index (χ1) is 9.82. The number of rotatable bonds is 3. The Hall–Kier alpha value is -2.23. The van der Waals surface area contributed by atoms with E-state index in [-0.39, 0.29) is 16.7 Å². The van der Waals surface area contributed by atoms with E-state index < -0.39 is 0 Å². The Kier molecular flexibility index (Phi) is 4.07. The molecule has 0 amide bonds. The molecule has 2 aromatic rings. The van der Waals surface area contributed by atoms with E-state index in [9.17, 15) is 9.90 Å². The van der Waals surface area contributed by atoms with Crippen LogP contribution >= 0.6 is 0 Å². The van der Waals surface area contributed by atoms with Crippen LogP contribution < -0.4 is 10.3 Å². The molecule has 0 saturated heterocycles. The van der Waals surface area contributed by atoms with Gasteiger partial charge in [0.25, 0.3) is 5.56 Å². The molecule has 2 rings (SSSR count). The van der Waals surface area contributed by atoms with Gasteiger partial charge in [-0.1, -0.05) is 39.0 Å². The second kappa shape index (κ2) is 5.64. The van der Waals surface area contributed by atoms with Crippen molar-refractivity contribution < 1.29 is 9.84 Å². The molecule has 1 aromatic heterocycles. The molecule has 4 heteroatoms. The van der Waals surface area contributed by atoms with E-state index in [0.29, 0.717) is 6.54 Å². The van der Waals surface area contributed by atoms with E-state index in [1.54, 1.807) is 17.7 Å². The molecule has 0 saturated carbocycles. The molecule has 4 nitrogen and oxygen atoms in total. The van der Waals surface area contributed by atoms with Crippen LogP contribution in [0.1, 0.15) is 32.0 Å². The molecule has 0 spiro atoms. The van der Waals surface area contributed by atoms with E-state index in [1.165, 1.54) is 6.07 Å². The number of hydrogen-bond donors (Lipinski definition) is 1. The van der Waals surface area contributed by atoms with Crippen molar-refractivity contribution in [1.82, 2.24) is 4.57 Å². The van der Waals surface area contributed by atoms with Crippen LogP contribution in [0, 0.1) is 0 Å². The smallest absolute Gasteiger partial charge is 0.254 e. The zero-order valence-corrected chi connectivity index (χ0v) is 12.9. The first-order valence-electron chi connectivity index (χ1n) is 6.89. The van der Waals surface area contributed by atoms with E-state index in [0.717, 1.165) is 17.0 Å². The van der Waals surface area contributed by atoms with Crippen molar-refractivity contribution in [2.45, 2.75) is 32.7 Å². The predicted molar refractivity (Wildman–Crippen MR) is 83.2 cm³/mol. The molecule has 0 radical (unpaired) electrons. The molecule has 0 aliphatic rings. The molecule has 1 N–H and O–H groups in total. The quantitative estimate of drug-likeness (QED) is 0.944. The number of para-hydroxylation sites is 1. The summed E-state index contributed by atoms with van der Waals surface area (Å²) in [5.74, 6) is 0.749. The number of benzene rings is 1. The minimum Gasteiger partial charge on any atom is -0.508 e. The molecular weight excluding hydrogens is 266 g/mol. The zero-order chi connectivity index (χ0) is 15.6. The Morgan fingerprint density at radius 1 is 1.19 bits per heavy atom. The fraction of sp³-hybridized carbons (Fsp3) is 0.353. The maximum absolute atomic E-state index is 12.3. The van der Waals surface area contributed by atoms with Gasteiger partial charge in [0, 0.05) is 28.8 Å². The third-order valence-corrected chi connectivity index (χ3v) is 3.40. The van der Waals surface area contributed by atoms with Crippen LogP contribution in [0.2, 0.25) is 0 Å². The van der Waals surface area contributed by atoms with Crippen LogP contribution in [-0.2, 0) is 12.0 Å². The molecule has 21 heavy (non-hydrogen) atoms. The Morgan fingerprint density at radius 2 is 1.86 bits per heavy atom. The Bertz CT molecular complexity index is 696. The highest BCUT2D eigenvalue weighted by Crippen LogP contribution is 2.26. The summed E-state index contributed by atoms with van der Waals surface area (Å²) in [7, 11) is 1.61. The van der Waals surface area contributed by atoms with Crippen LogP contribution in [0.25, 0.3) is 0 Å². The molecule has 1 aromatic carbocycles. The van der Waals surface area contributed by atoms with Crippen molar-refractivity contribution >= 4 is 0 Å². The summed E-state index contributed by atoms with van der Waals surface area (Å²) in [6.45, 7) is 6.45. The van der Waals surface area contributed by atoms with Gasteiger partial charge in [0.1, 0.15) is 11.5 Å². The van der Waals surface area contributed by atoms with Gasteiger partial charge in [0.2, 0.25) is 0 Å². The highest BCUT2D eigenvalue weighted by molar-refractivity contribution is 5.35. The van der Waals surface area contributed by atoms with Crippen molar-refractivity contribution in [3.8, 4) is 11.5 Å². The van der Waals surface area contributed by atoms with Crippen LogP contribution in [0.5, 0.6) is 11.5 Å². The fourth-order valence-electron chi connectivity index (χ4n) is 2.37. The third kappa shape index (κ3) is 3.27. The predicted octanol–water partition coefficient (Wildman–Crippen LogP) is 2.91. The Morgan fingerprint density at radius 3 is 2.48 bits per heavy atom. The lowest BCUT2D eigenvalue weighted by molar-refractivity contribution is 0.406. The summed E-state index contributed by atoms with van der Waals surface area (Å²) in [5, 5.41) is 9.71. The molecular formula is C17H21NO3. The first-order valence-corrected chi connectivity index (χ1v) is 6.89. The van der Waals surface area contributed by atoms with Crippen molar-refractivity contribution in [3.63, 3.8) is 0 Å². The lowest BCUT2D eigenvalue weighted by Gasteiger charge is -2.24. The summed E-state index contributed by atoms with van der Waals surface area (Å²) < 4.78 is 7.02. The van der Waals surface area contributed by atoms with Gasteiger partial charge in [0.15, 0.2) is 0 Å². The van der Waals surface area contributed by atoms with Gasteiger partial charge >= 0.3 is 0 Å². The molecule has 0 aliphatic carbocycles. The maximum Gasteiger partial charge on any atom is 0.254 e. The van der Waals surface area contributed by atoms with Crippen molar-refractivity contribution in [3.05, 3.63) is 58.0 Å². The normalized spacial score (nSPS) is 11.4. The summed E-state index contributed by atoms with van der Waals surface area (Å²) >= 11 is 0. The number of aromatic hydroxyl groups is 1. The second-order valence-electron chi connectivity index (χ2n) is 6.09. The average molecular weight is 287 g/mol. The number of aromatic nitrogens is 1. The minimum atomic E-state index is -0.250. The molecule has 1 heterocycles. The minimum absolute atomic E-state index is 0.00111. The molecule has 0 bridgehead atoms. The molecule has 112 valence electrons. The summed E-state index contributed by atoms with van der Waals surface area (Å²) in [6.07, 6.45) is 0. The monoisotopic (exact) mass is 287 g/mol. The molecule has 0 aliphatic heterocycles. The SMILES string of the molecule is COc1ccccc1Cn1c(C(C)(C)C)cc(O)cc1=O. The summed E-state index contributed by atoms with van der Waals surface area (Å²) in [5.41, 5.74) is 1.25. The lowest BCUT2D eigenvalue weighted by Crippen LogP contribution is -2.29. The first kappa shape index (κ1) is 15.2. The summed E-state index contributed by atoms with van der Waals surface area (Å²) in [4.78, 5) is 12.3. The Labute approximate surface area is 124 Å². The van der Waals surface area contributed by atoms with Crippen LogP contribution in [-0.4, -0.2) is 16.8 Å². The topological polar surface area (TPSA) is 51.5 Å². The highest BCUT2D eigenvalue weighted by Gasteiger charge is 2.20. The number of methoxy groups -OCH3 is 1. The van der Waals surface area contributed by atoms with Crippen LogP contribution in [0.3, 0.4) is 0 Å².